The van der Waals surface area contributed by atoms with E-state index in [9.17, 15) is 9.59 Å². The van der Waals surface area contributed by atoms with Crippen LogP contribution in [0.4, 0.5) is 4.79 Å². The van der Waals surface area contributed by atoms with Crippen LogP contribution in [0.2, 0.25) is 0 Å². The van der Waals surface area contributed by atoms with Crippen LogP contribution in [0.1, 0.15) is 40.0 Å². The Morgan fingerprint density at radius 2 is 1.58 bits per heavy atom. The van der Waals surface area contributed by atoms with Gasteiger partial charge in [0.15, 0.2) is 5.69 Å². The van der Waals surface area contributed by atoms with Crippen molar-refractivity contribution in [1.82, 2.24) is 25.6 Å². The molecular weight excluding hydrogens is 454 g/mol. The van der Waals surface area contributed by atoms with Crippen molar-refractivity contribution in [3.63, 3.8) is 0 Å². The van der Waals surface area contributed by atoms with Crippen LogP contribution < -0.4 is 10.6 Å². The second kappa shape index (κ2) is 10.4. The van der Waals surface area contributed by atoms with Gasteiger partial charge in [0.25, 0.3) is 5.91 Å². The van der Waals surface area contributed by atoms with Crippen LogP contribution in [0.15, 0.2) is 85.1 Å². The van der Waals surface area contributed by atoms with Gasteiger partial charge in [-0.1, -0.05) is 84.1 Å². The first-order chi connectivity index (χ1) is 17.6. The Labute approximate surface area is 209 Å². The largest absolute Gasteiger partial charge is 0.449 e. The molecule has 0 fully saturated rings. The van der Waals surface area contributed by atoms with Crippen LogP contribution in [-0.2, 0) is 17.8 Å². The second-order valence-corrected chi connectivity index (χ2v) is 8.87. The van der Waals surface area contributed by atoms with Crippen molar-refractivity contribution in [2.45, 2.75) is 32.0 Å². The Morgan fingerprint density at radius 1 is 0.944 bits per heavy atom. The van der Waals surface area contributed by atoms with E-state index in [1.807, 2.05) is 61.5 Å². The standard InChI is InChI=1S/C28H27N5O3/c1-19(16-33-17-26(31-32-33)27(34)29-15-20-9-3-2-4-10-20)30-28(35)36-18-25-23-13-7-5-11-21(23)22-12-6-8-14-24(22)25/h2-14,17,19,25H,15-16,18H2,1H3,(H,29,34)(H,30,35). The maximum absolute atomic E-state index is 12.5. The van der Waals surface area contributed by atoms with Gasteiger partial charge in [0, 0.05) is 18.5 Å². The number of ether oxygens (including phenoxy) is 1. The van der Waals surface area contributed by atoms with E-state index in [1.165, 1.54) is 26.9 Å². The predicted molar refractivity (Wildman–Crippen MR) is 135 cm³/mol. The number of carbonyl (C=O) groups is 2. The fourth-order valence-corrected chi connectivity index (χ4v) is 4.53. The maximum atomic E-state index is 12.5. The molecule has 0 saturated carbocycles. The molecule has 0 radical (unpaired) electrons. The van der Waals surface area contributed by atoms with Crippen LogP contribution in [0.25, 0.3) is 11.1 Å². The molecule has 1 aliphatic carbocycles. The Balaban J connectivity index is 1.12. The van der Waals surface area contributed by atoms with Gasteiger partial charge < -0.3 is 15.4 Å². The van der Waals surface area contributed by atoms with Gasteiger partial charge in [0.1, 0.15) is 6.61 Å². The number of fused-ring (bicyclic) bond motifs is 3. The zero-order valence-electron chi connectivity index (χ0n) is 19.9. The summed E-state index contributed by atoms with van der Waals surface area (Å²) in [6, 6.07) is 25.8. The molecule has 8 nitrogen and oxygen atoms in total. The summed E-state index contributed by atoms with van der Waals surface area (Å²) >= 11 is 0. The molecule has 5 rings (SSSR count). The number of nitrogens with one attached hydrogen (secondary N) is 2. The third-order valence-corrected chi connectivity index (χ3v) is 6.24. The minimum absolute atomic E-state index is 0.00530. The summed E-state index contributed by atoms with van der Waals surface area (Å²) in [5.74, 6) is -0.298. The van der Waals surface area contributed by atoms with Crippen molar-refractivity contribution < 1.29 is 14.3 Å². The summed E-state index contributed by atoms with van der Waals surface area (Å²) in [6.45, 7) is 2.86. The summed E-state index contributed by atoms with van der Waals surface area (Å²) in [6.07, 6.45) is 1.07. The SMILES string of the molecule is CC(Cn1cc(C(=O)NCc2ccccc2)nn1)NC(=O)OCC1c2ccccc2-c2ccccc21. The molecule has 0 saturated heterocycles. The highest BCUT2D eigenvalue weighted by Gasteiger charge is 2.29. The first kappa shape index (κ1) is 23.3. The molecule has 0 spiro atoms. The van der Waals surface area contributed by atoms with Gasteiger partial charge >= 0.3 is 6.09 Å². The third-order valence-electron chi connectivity index (χ3n) is 6.24. The lowest BCUT2D eigenvalue weighted by Gasteiger charge is -2.17. The number of carbonyl (C=O) groups excluding carboxylic acids is 2. The van der Waals surface area contributed by atoms with Crippen LogP contribution >= 0.6 is 0 Å². The Hall–Kier alpha value is -4.46. The quantitative estimate of drug-likeness (QED) is 0.394. The molecule has 182 valence electrons. The van der Waals surface area contributed by atoms with Crippen molar-refractivity contribution in [2.24, 2.45) is 0 Å². The van der Waals surface area contributed by atoms with E-state index in [1.54, 1.807) is 6.20 Å². The molecule has 2 amide bonds. The molecule has 1 unspecified atom stereocenters. The first-order valence-corrected chi connectivity index (χ1v) is 11.9. The summed E-state index contributed by atoms with van der Waals surface area (Å²) in [5, 5.41) is 13.6. The molecule has 1 aliphatic rings. The van der Waals surface area contributed by atoms with Gasteiger partial charge in [-0.25, -0.2) is 9.48 Å². The van der Waals surface area contributed by atoms with E-state index in [0.29, 0.717) is 13.1 Å². The third kappa shape index (κ3) is 5.12. The monoisotopic (exact) mass is 481 g/mol. The molecule has 36 heavy (non-hydrogen) atoms. The van der Waals surface area contributed by atoms with Crippen molar-refractivity contribution in [2.75, 3.05) is 6.61 Å². The van der Waals surface area contributed by atoms with Gasteiger partial charge in [-0.3, -0.25) is 4.79 Å². The number of benzene rings is 3. The smallest absolute Gasteiger partial charge is 0.407 e. The molecule has 4 aromatic rings. The minimum Gasteiger partial charge on any atom is -0.449 e. The number of nitrogens with zero attached hydrogens (tertiary/aromatic N) is 3. The Bertz CT molecular complexity index is 1320. The summed E-state index contributed by atoms with van der Waals surface area (Å²) in [7, 11) is 0. The molecule has 1 heterocycles. The van der Waals surface area contributed by atoms with Gasteiger partial charge in [-0.15, -0.1) is 5.10 Å². The Morgan fingerprint density at radius 3 is 2.28 bits per heavy atom. The normalized spacial score (nSPS) is 12.9. The number of rotatable bonds is 8. The number of alkyl carbamates (subject to hydrolysis) is 1. The summed E-state index contributed by atoms with van der Waals surface area (Å²) in [5.41, 5.74) is 5.93. The van der Waals surface area contributed by atoms with Crippen molar-refractivity contribution in [1.29, 1.82) is 0 Å². The van der Waals surface area contributed by atoms with E-state index < -0.39 is 6.09 Å². The fourth-order valence-electron chi connectivity index (χ4n) is 4.53. The topological polar surface area (TPSA) is 98.1 Å². The number of hydrogen-bond acceptors (Lipinski definition) is 5. The van der Waals surface area contributed by atoms with Crippen molar-refractivity contribution in [3.8, 4) is 11.1 Å². The van der Waals surface area contributed by atoms with E-state index in [0.717, 1.165) is 5.56 Å². The highest BCUT2D eigenvalue weighted by Crippen LogP contribution is 2.44. The van der Waals surface area contributed by atoms with E-state index in [2.05, 4.69) is 45.2 Å². The fraction of sp³-hybridized carbons (Fsp3) is 0.214. The van der Waals surface area contributed by atoms with E-state index in [-0.39, 0.29) is 30.2 Å². The highest BCUT2D eigenvalue weighted by molar-refractivity contribution is 5.91. The molecular formula is C28H27N5O3. The maximum Gasteiger partial charge on any atom is 0.407 e. The molecule has 2 N–H and O–H groups in total. The van der Waals surface area contributed by atoms with E-state index in [4.69, 9.17) is 4.74 Å². The lowest BCUT2D eigenvalue weighted by atomic mass is 9.98. The van der Waals surface area contributed by atoms with Crippen LogP contribution in [0.5, 0.6) is 0 Å². The predicted octanol–water partition coefficient (Wildman–Crippen LogP) is 4.14. The van der Waals surface area contributed by atoms with Crippen molar-refractivity contribution in [3.05, 3.63) is 107 Å². The summed E-state index contributed by atoms with van der Waals surface area (Å²) in [4.78, 5) is 24.9. The lowest BCUT2D eigenvalue weighted by Crippen LogP contribution is -2.36. The zero-order valence-corrected chi connectivity index (χ0v) is 19.9. The highest BCUT2D eigenvalue weighted by atomic mass is 16.5. The molecule has 0 aliphatic heterocycles. The van der Waals surface area contributed by atoms with Gasteiger partial charge in [-0.05, 0) is 34.7 Å². The minimum atomic E-state index is -0.495. The van der Waals surface area contributed by atoms with Gasteiger partial charge in [-0.2, -0.15) is 0 Å². The summed E-state index contributed by atoms with van der Waals surface area (Å²) < 4.78 is 7.14. The number of aromatic nitrogens is 3. The lowest BCUT2D eigenvalue weighted by molar-refractivity contribution is 0.0945. The molecule has 8 heteroatoms. The van der Waals surface area contributed by atoms with Crippen molar-refractivity contribution >= 4 is 12.0 Å². The van der Waals surface area contributed by atoms with Gasteiger partial charge in [0.2, 0.25) is 0 Å². The first-order valence-electron chi connectivity index (χ1n) is 11.9. The van der Waals surface area contributed by atoms with Gasteiger partial charge in [0.05, 0.1) is 12.7 Å². The average molecular weight is 482 g/mol. The molecule has 0 bridgehead atoms. The Kier molecular flexibility index (Phi) is 6.75. The number of hydrogen-bond donors (Lipinski definition) is 2. The molecule has 1 aromatic heterocycles. The van der Waals surface area contributed by atoms with Crippen LogP contribution in [0, 0.1) is 0 Å². The number of amides is 2. The molecule has 1 atom stereocenters. The zero-order chi connectivity index (χ0) is 24.9. The second-order valence-electron chi connectivity index (χ2n) is 8.87. The van der Waals surface area contributed by atoms with Crippen LogP contribution in [0.3, 0.4) is 0 Å². The average Bonchev–Trinajstić information content (AvgIpc) is 3.49. The van der Waals surface area contributed by atoms with E-state index >= 15 is 0 Å². The van der Waals surface area contributed by atoms with Crippen LogP contribution in [-0.4, -0.2) is 39.6 Å². The molecule has 3 aromatic carbocycles.